The smallest absolute Gasteiger partial charge is 0.298 e. The molecule has 1 aromatic rings. The van der Waals surface area contributed by atoms with Crippen molar-refractivity contribution in [2.45, 2.75) is 6.42 Å². The van der Waals surface area contributed by atoms with E-state index in [-0.39, 0.29) is 11.6 Å². The molecule has 1 aromatic heterocycles. The van der Waals surface area contributed by atoms with E-state index in [9.17, 15) is 4.79 Å². The number of nitrogen functional groups attached to an aromatic ring is 1. The number of hydrogen-bond donors (Lipinski definition) is 1. The molecule has 1 aliphatic heterocycles. The Bertz CT molecular complexity index is 348. The van der Waals surface area contributed by atoms with E-state index in [1.54, 1.807) is 18.3 Å². The maximum Gasteiger partial charge on any atom is 0.298 e. The van der Waals surface area contributed by atoms with Crippen LogP contribution in [0.2, 0.25) is 0 Å². The monoisotopic (exact) mass is 193 g/mol. The molecule has 2 rings (SSSR count). The molecule has 0 aromatic carbocycles. The Morgan fingerprint density at radius 3 is 3.14 bits per heavy atom. The predicted octanol–water partition coefficient (Wildman–Crippen LogP) is 0.441. The first-order valence-corrected chi connectivity index (χ1v) is 4.44. The molecule has 1 fully saturated rings. The lowest BCUT2D eigenvalue weighted by atomic mass is 10.3. The van der Waals surface area contributed by atoms with E-state index >= 15 is 0 Å². The molecule has 0 radical (unpaired) electrons. The van der Waals surface area contributed by atoms with Gasteiger partial charge in [0, 0.05) is 6.20 Å². The summed E-state index contributed by atoms with van der Waals surface area (Å²) in [6, 6.07) is 3.34. The van der Waals surface area contributed by atoms with Crippen LogP contribution in [0.15, 0.2) is 18.3 Å². The number of nitrogens with zero attached hydrogens (tertiary/aromatic N) is 2. The van der Waals surface area contributed by atoms with Crippen LogP contribution in [-0.4, -0.2) is 29.1 Å². The fraction of sp³-hybridized carbons (Fsp3) is 0.333. The van der Waals surface area contributed by atoms with Gasteiger partial charge in [0.05, 0.1) is 18.8 Å². The zero-order chi connectivity index (χ0) is 9.97. The number of hydrogen-bond acceptors (Lipinski definition) is 4. The van der Waals surface area contributed by atoms with Gasteiger partial charge in [-0.15, -0.1) is 0 Å². The highest BCUT2D eigenvalue weighted by molar-refractivity contribution is 5.96. The second-order valence-electron chi connectivity index (χ2n) is 3.04. The van der Waals surface area contributed by atoms with Crippen LogP contribution in [0.5, 0.6) is 0 Å². The van der Waals surface area contributed by atoms with Crippen molar-refractivity contribution >= 4 is 11.6 Å². The predicted molar refractivity (Wildman–Crippen MR) is 50.3 cm³/mol. The van der Waals surface area contributed by atoms with E-state index in [1.807, 2.05) is 0 Å². The summed E-state index contributed by atoms with van der Waals surface area (Å²) in [5.41, 5.74) is 6.26. The van der Waals surface area contributed by atoms with Crippen LogP contribution < -0.4 is 5.73 Å². The van der Waals surface area contributed by atoms with Gasteiger partial charge >= 0.3 is 0 Å². The molecule has 2 heterocycles. The fourth-order valence-corrected chi connectivity index (χ4v) is 1.32. The van der Waals surface area contributed by atoms with Crippen molar-refractivity contribution in [3.63, 3.8) is 0 Å². The summed E-state index contributed by atoms with van der Waals surface area (Å²) in [6.07, 6.45) is 2.40. The highest BCUT2D eigenvalue weighted by Crippen LogP contribution is 2.13. The second kappa shape index (κ2) is 3.63. The normalized spacial score (nSPS) is 15.9. The number of amides is 1. The van der Waals surface area contributed by atoms with Crippen LogP contribution in [0.4, 0.5) is 5.69 Å². The molecule has 0 saturated carbocycles. The summed E-state index contributed by atoms with van der Waals surface area (Å²) >= 11 is 0. The maximum absolute atomic E-state index is 11.7. The Hall–Kier alpha value is -1.62. The Morgan fingerprint density at radius 1 is 1.64 bits per heavy atom. The third-order valence-electron chi connectivity index (χ3n) is 2.02. The lowest BCUT2D eigenvalue weighted by Crippen LogP contribution is -2.28. The molecular formula is C9H11N3O2. The summed E-state index contributed by atoms with van der Waals surface area (Å²) < 4.78 is 0. The number of pyridine rings is 1. The molecule has 0 unspecified atom stereocenters. The van der Waals surface area contributed by atoms with E-state index in [1.165, 1.54) is 5.06 Å². The molecule has 0 spiro atoms. The van der Waals surface area contributed by atoms with E-state index in [2.05, 4.69) is 4.98 Å². The van der Waals surface area contributed by atoms with Crippen molar-refractivity contribution in [2.75, 3.05) is 18.9 Å². The molecule has 5 heteroatoms. The van der Waals surface area contributed by atoms with Crippen LogP contribution in [0.3, 0.4) is 0 Å². The standard InChI is InChI=1S/C9H11N3O2/c10-7-3-1-4-11-8(7)9(13)12-5-2-6-14-12/h1,3-4H,2,5-6,10H2. The molecule has 0 atom stereocenters. The zero-order valence-electron chi connectivity index (χ0n) is 7.64. The first-order chi connectivity index (χ1) is 6.79. The van der Waals surface area contributed by atoms with Crippen LogP contribution in [0, 0.1) is 0 Å². The van der Waals surface area contributed by atoms with Gasteiger partial charge in [0.15, 0.2) is 5.69 Å². The molecule has 0 bridgehead atoms. The lowest BCUT2D eigenvalue weighted by Gasteiger charge is -2.13. The molecule has 1 saturated heterocycles. The van der Waals surface area contributed by atoms with Crippen LogP contribution in [0.1, 0.15) is 16.9 Å². The van der Waals surface area contributed by atoms with Gasteiger partial charge < -0.3 is 5.73 Å². The first-order valence-electron chi connectivity index (χ1n) is 4.44. The third kappa shape index (κ3) is 1.54. The number of anilines is 1. The topological polar surface area (TPSA) is 68.5 Å². The van der Waals surface area contributed by atoms with E-state index in [4.69, 9.17) is 10.6 Å². The van der Waals surface area contributed by atoms with Crippen molar-refractivity contribution in [1.29, 1.82) is 0 Å². The second-order valence-corrected chi connectivity index (χ2v) is 3.04. The third-order valence-corrected chi connectivity index (χ3v) is 2.02. The average molecular weight is 193 g/mol. The van der Waals surface area contributed by atoms with Gasteiger partial charge in [-0.25, -0.2) is 10.0 Å². The fourth-order valence-electron chi connectivity index (χ4n) is 1.32. The molecule has 0 aliphatic carbocycles. The molecule has 14 heavy (non-hydrogen) atoms. The van der Waals surface area contributed by atoms with Gasteiger partial charge in [-0.05, 0) is 18.6 Å². The molecule has 1 amide bonds. The summed E-state index contributed by atoms with van der Waals surface area (Å²) in [6.45, 7) is 1.19. The van der Waals surface area contributed by atoms with Gasteiger partial charge in [0.2, 0.25) is 0 Å². The number of hydroxylamine groups is 2. The van der Waals surface area contributed by atoms with Crippen molar-refractivity contribution in [1.82, 2.24) is 10.0 Å². The van der Waals surface area contributed by atoms with E-state index < -0.39 is 0 Å². The molecule has 2 N–H and O–H groups in total. The van der Waals surface area contributed by atoms with Gasteiger partial charge in [0.25, 0.3) is 5.91 Å². The quantitative estimate of drug-likeness (QED) is 0.702. The number of nitrogens with two attached hydrogens (primary N) is 1. The Balaban J connectivity index is 2.22. The molecular weight excluding hydrogens is 182 g/mol. The van der Waals surface area contributed by atoms with Crippen molar-refractivity contribution < 1.29 is 9.63 Å². The summed E-state index contributed by atoms with van der Waals surface area (Å²) in [5.74, 6) is -0.263. The minimum absolute atomic E-state index is 0.259. The van der Waals surface area contributed by atoms with Crippen LogP contribution in [-0.2, 0) is 4.84 Å². The largest absolute Gasteiger partial charge is 0.397 e. The van der Waals surface area contributed by atoms with Crippen LogP contribution >= 0.6 is 0 Å². The van der Waals surface area contributed by atoms with Gasteiger partial charge in [-0.3, -0.25) is 9.63 Å². The molecule has 74 valence electrons. The SMILES string of the molecule is Nc1cccnc1C(=O)N1CCCO1. The highest BCUT2D eigenvalue weighted by atomic mass is 16.7. The number of aromatic nitrogens is 1. The lowest BCUT2D eigenvalue weighted by molar-refractivity contribution is -0.0771. The number of carbonyl (C=O) groups excluding carboxylic acids is 1. The minimum Gasteiger partial charge on any atom is -0.397 e. The summed E-state index contributed by atoms with van der Waals surface area (Å²) in [4.78, 5) is 20.8. The Kier molecular flexibility index (Phi) is 2.32. The first kappa shape index (κ1) is 8.96. The maximum atomic E-state index is 11.7. The van der Waals surface area contributed by atoms with Crippen molar-refractivity contribution in [3.05, 3.63) is 24.0 Å². The Labute approximate surface area is 81.4 Å². The summed E-state index contributed by atoms with van der Waals surface area (Å²) in [7, 11) is 0. The molecule has 5 nitrogen and oxygen atoms in total. The van der Waals surface area contributed by atoms with Gasteiger partial charge in [0.1, 0.15) is 0 Å². The average Bonchev–Trinajstić information content (AvgIpc) is 2.70. The number of rotatable bonds is 1. The van der Waals surface area contributed by atoms with Gasteiger partial charge in [-0.2, -0.15) is 0 Å². The zero-order valence-corrected chi connectivity index (χ0v) is 7.64. The van der Waals surface area contributed by atoms with Crippen molar-refractivity contribution in [2.24, 2.45) is 0 Å². The minimum atomic E-state index is -0.263. The number of carbonyl (C=O) groups is 1. The molecule has 1 aliphatic rings. The highest BCUT2D eigenvalue weighted by Gasteiger charge is 2.23. The summed E-state index contributed by atoms with van der Waals surface area (Å²) in [5, 5.41) is 1.30. The van der Waals surface area contributed by atoms with E-state index in [0.717, 1.165) is 6.42 Å². The van der Waals surface area contributed by atoms with Gasteiger partial charge in [-0.1, -0.05) is 0 Å². The Morgan fingerprint density at radius 2 is 2.50 bits per heavy atom. The van der Waals surface area contributed by atoms with Crippen LogP contribution in [0.25, 0.3) is 0 Å². The van der Waals surface area contributed by atoms with Crippen molar-refractivity contribution in [3.8, 4) is 0 Å². The van der Waals surface area contributed by atoms with E-state index in [0.29, 0.717) is 18.8 Å².